The maximum Gasteiger partial charge on any atom is 0.247 e. The van der Waals surface area contributed by atoms with E-state index < -0.39 is 0 Å². The minimum Gasteiger partial charge on any atom is -0.368 e. The number of benzene rings is 2. The average molecular weight is 374 g/mol. The molecule has 2 aromatic carbocycles. The number of rotatable bonds is 5. The number of aromatic nitrogens is 3. The fourth-order valence-electron chi connectivity index (χ4n) is 3.55. The maximum absolute atomic E-state index is 4.76. The van der Waals surface area contributed by atoms with E-state index in [0.29, 0.717) is 5.95 Å². The largest absolute Gasteiger partial charge is 0.368 e. The third-order valence-electron chi connectivity index (χ3n) is 5.11. The van der Waals surface area contributed by atoms with Gasteiger partial charge >= 0.3 is 0 Å². The highest BCUT2D eigenvalue weighted by Gasteiger charge is 2.19. The summed E-state index contributed by atoms with van der Waals surface area (Å²) in [6, 6.07) is 19.0. The smallest absolute Gasteiger partial charge is 0.247 e. The van der Waals surface area contributed by atoms with Crippen molar-refractivity contribution in [1.29, 1.82) is 0 Å². The van der Waals surface area contributed by atoms with E-state index >= 15 is 0 Å². The van der Waals surface area contributed by atoms with Crippen LogP contribution in [-0.4, -0.2) is 48.4 Å². The summed E-state index contributed by atoms with van der Waals surface area (Å²) in [7, 11) is 2.00. The first-order chi connectivity index (χ1) is 13.7. The summed E-state index contributed by atoms with van der Waals surface area (Å²) in [5.74, 6) is 1.55. The molecule has 0 saturated carbocycles. The lowest BCUT2D eigenvalue weighted by Crippen LogP contribution is -2.47. The van der Waals surface area contributed by atoms with Crippen molar-refractivity contribution in [1.82, 2.24) is 15.2 Å². The Morgan fingerprint density at radius 3 is 2.43 bits per heavy atom. The van der Waals surface area contributed by atoms with Gasteiger partial charge in [0.2, 0.25) is 5.95 Å². The van der Waals surface area contributed by atoms with Gasteiger partial charge in [-0.05, 0) is 30.2 Å². The van der Waals surface area contributed by atoms with Crippen LogP contribution in [0.25, 0.3) is 0 Å². The highest BCUT2D eigenvalue weighted by Crippen LogP contribution is 2.21. The predicted molar refractivity (Wildman–Crippen MR) is 114 cm³/mol. The monoisotopic (exact) mass is 374 g/mol. The molecule has 1 aromatic heterocycles. The molecule has 0 N–H and O–H groups in total. The number of nitrogens with zero attached hydrogens (tertiary/aromatic N) is 6. The molecule has 6 nitrogen and oxygen atoms in total. The summed E-state index contributed by atoms with van der Waals surface area (Å²) in [5.41, 5.74) is 3.82. The molecule has 3 aromatic rings. The molecule has 0 radical (unpaired) electrons. The summed E-state index contributed by atoms with van der Waals surface area (Å²) < 4.78 is 0. The Labute approximate surface area is 166 Å². The van der Waals surface area contributed by atoms with E-state index in [2.05, 4.69) is 63.3 Å². The van der Waals surface area contributed by atoms with Gasteiger partial charge in [-0.3, -0.25) is 0 Å². The van der Waals surface area contributed by atoms with Gasteiger partial charge in [-0.15, -0.1) is 5.10 Å². The molecule has 0 unspecified atom stereocenters. The number of hydrogen-bond donors (Lipinski definition) is 0. The van der Waals surface area contributed by atoms with Gasteiger partial charge in [0.25, 0.3) is 0 Å². The van der Waals surface area contributed by atoms with E-state index in [1.807, 2.05) is 30.1 Å². The minimum atomic E-state index is 0.655. The Bertz CT molecular complexity index is 906. The van der Waals surface area contributed by atoms with Gasteiger partial charge in [0.1, 0.15) is 0 Å². The topological polar surface area (TPSA) is 48.4 Å². The predicted octanol–water partition coefficient (Wildman–Crippen LogP) is 3.14. The van der Waals surface area contributed by atoms with Crippen molar-refractivity contribution in [2.24, 2.45) is 0 Å². The molecule has 0 spiro atoms. The van der Waals surface area contributed by atoms with Gasteiger partial charge in [0.05, 0.1) is 6.20 Å². The molecule has 0 bridgehead atoms. The molecule has 4 rings (SSSR count). The van der Waals surface area contributed by atoms with E-state index in [4.69, 9.17) is 4.98 Å². The molecule has 1 aliphatic heterocycles. The van der Waals surface area contributed by atoms with Crippen LogP contribution in [0.15, 0.2) is 60.8 Å². The van der Waals surface area contributed by atoms with Crippen LogP contribution in [0.5, 0.6) is 0 Å². The summed E-state index contributed by atoms with van der Waals surface area (Å²) in [6.07, 6.45) is 1.77. The Kier molecular flexibility index (Phi) is 5.37. The molecule has 144 valence electrons. The van der Waals surface area contributed by atoms with Crippen molar-refractivity contribution in [3.8, 4) is 0 Å². The first-order valence-corrected chi connectivity index (χ1v) is 9.70. The molecule has 6 heteroatoms. The molecule has 2 heterocycles. The van der Waals surface area contributed by atoms with Crippen LogP contribution in [0.2, 0.25) is 0 Å². The lowest BCUT2D eigenvalue weighted by molar-refractivity contribution is 0.643. The van der Waals surface area contributed by atoms with Crippen molar-refractivity contribution < 1.29 is 0 Å². The van der Waals surface area contributed by atoms with Gasteiger partial charge in [-0.2, -0.15) is 10.1 Å². The molecule has 28 heavy (non-hydrogen) atoms. The van der Waals surface area contributed by atoms with E-state index in [0.717, 1.165) is 38.5 Å². The second-order valence-electron chi connectivity index (χ2n) is 7.27. The molecular formula is C22H26N6. The Hall–Kier alpha value is -3.15. The lowest BCUT2D eigenvalue weighted by Gasteiger charge is -2.36. The van der Waals surface area contributed by atoms with Crippen LogP contribution in [0.1, 0.15) is 11.1 Å². The molecular weight excluding hydrogens is 348 g/mol. The summed E-state index contributed by atoms with van der Waals surface area (Å²) in [4.78, 5) is 11.5. The van der Waals surface area contributed by atoms with E-state index in [-0.39, 0.29) is 0 Å². The fourth-order valence-corrected chi connectivity index (χ4v) is 3.55. The Morgan fingerprint density at radius 1 is 0.929 bits per heavy atom. The molecule has 0 aliphatic carbocycles. The SMILES string of the molecule is Cc1cccc(N2CCN(c3cnnc(N(C)Cc4ccccc4)n3)CC2)c1. The maximum atomic E-state index is 4.76. The zero-order chi connectivity index (χ0) is 19.3. The number of aryl methyl sites for hydroxylation is 1. The van der Waals surface area contributed by atoms with Crippen LogP contribution in [0.4, 0.5) is 17.5 Å². The fraction of sp³-hybridized carbons (Fsp3) is 0.318. The van der Waals surface area contributed by atoms with Crippen LogP contribution in [-0.2, 0) is 6.54 Å². The average Bonchev–Trinajstić information content (AvgIpc) is 2.75. The Balaban J connectivity index is 1.41. The summed E-state index contributed by atoms with van der Waals surface area (Å²) in [6.45, 7) is 6.70. The van der Waals surface area contributed by atoms with Gasteiger partial charge in [0, 0.05) is 45.5 Å². The number of hydrogen-bond acceptors (Lipinski definition) is 6. The second-order valence-corrected chi connectivity index (χ2v) is 7.27. The molecule has 1 saturated heterocycles. The van der Waals surface area contributed by atoms with Gasteiger partial charge in [-0.25, -0.2) is 0 Å². The summed E-state index contributed by atoms with van der Waals surface area (Å²) >= 11 is 0. The zero-order valence-electron chi connectivity index (χ0n) is 16.5. The second kappa shape index (κ2) is 8.25. The van der Waals surface area contributed by atoms with E-state index in [1.54, 1.807) is 6.20 Å². The van der Waals surface area contributed by atoms with Crippen molar-refractivity contribution >= 4 is 17.5 Å². The van der Waals surface area contributed by atoms with E-state index in [9.17, 15) is 0 Å². The zero-order valence-corrected chi connectivity index (χ0v) is 16.5. The van der Waals surface area contributed by atoms with Crippen molar-refractivity contribution in [3.63, 3.8) is 0 Å². The molecule has 1 aliphatic rings. The highest BCUT2D eigenvalue weighted by molar-refractivity contribution is 5.51. The number of anilines is 3. The van der Waals surface area contributed by atoms with Crippen LogP contribution >= 0.6 is 0 Å². The van der Waals surface area contributed by atoms with Gasteiger partial charge in [-0.1, -0.05) is 42.5 Å². The highest BCUT2D eigenvalue weighted by atomic mass is 15.4. The molecule has 0 amide bonds. The van der Waals surface area contributed by atoms with Crippen molar-refractivity contribution in [3.05, 3.63) is 71.9 Å². The molecule has 0 atom stereocenters. The van der Waals surface area contributed by atoms with Crippen LogP contribution in [0, 0.1) is 6.92 Å². The van der Waals surface area contributed by atoms with Gasteiger partial charge < -0.3 is 14.7 Å². The third-order valence-corrected chi connectivity index (χ3v) is 5.11. The van der Waals surface area contributed by atoms with E-state index in [1.165, 1.54) is 16.8 Å². The first kappa shape index (κ1) is 18.2. The normalized spacial score (nSPS) is 14.2. The quantitative estimate of drug-likeness (QED) is 0.684. The van der Waals surface area contributed by atoms with Crippen molar-refractivity contribution in [2.45, 2.75) is 13.5 Å². The van der Waals surface area contributed by atoms with Gasteiger partial charge in [0.15, 0.2) is 5.82 Å². The van der Waals surface area contributed by atoms with Crippen molar-refractivity contribution in [2.75, 3.05) is 47.9 Å². The summed E-state index contributed by atoms with van der Waals surface area (Å²) in [5, 5.41) is 8.43. The minimum absolute atomic E-state index is 0.655. The third kappa shape index (κ3) is 4.22. The number of piperazine rings is 1. The lowest BCUT2D eigenvalue weighted by atomic mass is 10.2. The Morgan fingerprint density at radius 2 is 1.68 bits per heavy atom. The van der Waals surface area contributed by atoms with Crippen LogP contribution in [0.3, 0.4) is 0 Å². The molecule has 1 fully saturated rings. The first-order valence-electron chi connectivity index (χ1n) is 9.70. The standard InChI is InChI=1S/C22H26N6/c1-18-7-6-10-20(15-18)27-11-13-28(14-12-27)21-16-23-25-22(24-21)26(2)17-19-8-4-3-5-9-19/h3-10,15-16H,11-14,17H2,1-2H3. The van der Waals surface area contributed by atoms with Crippen LogP contribution < -0.4 is 14.7 Å².